The zero-order valence-electron chi connectivity index (χ0n) is 19.3. The Kier molecular flexibility index (Phi) is 6.54. The minimum atomic E-state index is -0.921. The molecule has 1 N–H and O–H groups in total. The number of ether oxygens (including phenoxy) is 1. The summed E-state index contributed by atoms with van der Waals surface area (Å²) in [4.78, 5) is 27.5. The first-order valence-corrected chi connectivity index (χ1v) is 11.1. The maximum atomic E-state index is 13.4. The minimum absolute atomic E-state index is 0.0505. The molecule has 1 unspecified atom stereocenters. The summed E-state index contributed by atoms with van der Waals surface area (Å²) >= 11 is 0. The molecule has 7 heteroatoms. The predicted octanol–water partition coefficient (Wildman–Crippen LogP) is 5.45. The van der Waals surface area contributed by atoms with Gasteiger partial charge < -0.3 is 19.2 Å². The van der Waals surface area contributed by atoms with Crippen LogP contribution < -0.4 is 4.74 Å². The zero-order valence-corrected chi connectivity index (χ0v) is 19.3. The summed E-state index contributed by atoms with van der Waals surface area (Å²) in [6.45, 7) is 6.24. The number of aliphatic hydroxyl groups excluding tert-OH is 1. The van der Waals surface area contributed by atoms with Crippen LogP contribution in [-0.2, 0) is 16.1 Å². The number of nitrogens with zero attached hydrogens (tertiary/aromatic N) is 1. The van der Waals surface area contributed by atoms with E-state index in [0.717, 1.165) is 12.0 Å². The lowest BCUT2D eigenvalue weighted by Crippen LogP contribution is -2.29. The molecule has 1 aromatic heterocycles. The Balaban J connectivity index is 1.78. The van der Waals surface area contributed by atoms with E-state index in [9.17, 15) is 19.1 Å². The number of aliphatic hydroxyl groups is 1. The number of ketones is 1. The molecule has 2 heterocycles. The van der Waals surface area contributed by atoms with E-state index in [1.165, 1.54) is 17.0 Å². The van der Waals surface area contributed by atoms with Crippen molar-refractivity contribution in [1.82, 2.24) is 4.90 Å². The molecule has 0 saturated carbocycles. The van der Waals surface area contributed by atoms with E-state index in [4.69, 9.17) is 9.15 Å². The first-order chi connectivity index (χ1) is 16.3. The van der Waals surface area contributed by atoms with Crippen LogP contribution in [0.2, 0.25) is 0 Å². The summed E-state index contributed by atoms with van der Waals surface area (Å²) in [5, 5.41) is 11.2. The Morgan fingerprint density at radius 3 is 2.44 bits per heavy atom. The van der Waals surface area contributed by atoms with Crippen molar-refractivity contribution in [3.8, 4) is 5.75 Å². The van der Waals surface area contributed by atoms with Crippen LogP contribution in [-0.4, -0.2) is 28.3 Å². The molecule has 0 radical (unpaired) electrons. The third-order valence-corrected chi connectivity index (χ3v) is 5.75. The average molecular weight is 464 g/mol. The molecule has 1 fully saturated rings. The van der Waals surface area contributed by atoms with Crippen molar-refractivity contribution in [2.45, 2.75) is 39.8 Å². The summed E-state index contributed by atoms with van der Waals surface area (Å²) < 4.78 is 24.9. The number of aryl methyl sites for hydroxylation is 2. The van der Waals surface area contributed by atoms with Crippen molar-refractivity contribution in [3.05, 3.63) is 94.2 Å². The van der Waals surface area contributed by atoms with Gasteiger partial charge in [0.2, 0.25) is 0 Å². The van der Waals surface area contributed by atoms with Crippen molar-refractivity contribution in [3.63, 3.8) is 0 Å². The van der Waals surface area contributed by atoms with Gasteiger partial charge in [0.25, 0.3) is 11.7 Å². The van der Waals surface area contributed by atoms with Gasteiger partial charge in [0.05, 0.1) is 12.2 Å². The normalized spacial score (nSPS) is 17.4. The fourth-order valence-corrected chi connectivity index (χ4v) is 4.05. The highest BCUT2D eigenvalue weighted by atomic mass is 19.1. The van der Waals surface area contributed by atoms with E-state index in [0.29, 0.717) is 35.0 Å². The molecule has 0 spiro atoms. The van der Waals surface area contributed by atoms with Crippen molar-refractivity contribution >= 4 is 17.4 Å². The van der Waals surface area contributed by atoms with E-state index in [1.54, 1.807) is 49.4 Å². The van der Waals surface area contributed by atoms with Crippen LogP contribution in [0.4, 0.5) is 4.39 Å². The fraction of sp³-hybridized carbons (Fsp3) is 0.259. The van der Waals surface area contributed by atoms with Gasteiger partial charge in [-0.1, -0.05) is 19.1 Å². The molecule has 4 rings (SSSR count). The van der Waals surface area contributed by atoms with E-state index in [2.05, 4.69) is 0 Å². The van der Waals surface area contributed by atoms with Crippen LogP contribution in [0.25, 0.3) is 5.76 Å². The number of furan rings is 1. The molecule has 1 atom stereocenters. The topological polar surface area (TPSA) is 80.0 Å². The van der Waals surface area contributed by atoms with Crippen LogP contribution in [0.15, 0.2) is 64.6 Å². The van der Waals surface area contributed by atoms with Crippen LogP contribution in [0.1, 0.15) is 47.6 Å². The molecular weight excluding hydrogens is 437 g/mol. The fourth-order valence-electron chi connectivity index (χ4n) is 4.05. The number of halogens is 1. The van der Waals surface area contributed by atoms with Crippen LogP contribution in [0, 0.1) is 19.7 Å². The third kappa shape index (κ3) is 4.46. The van der Waals surface area contributed by atoms with Gasteiger partial charge in [-0.15, -0.1) is 0 Å². The molecule has 6 nitrogen and oxygen atoms in total. The van der Waals surface area contributed by atoms with E-state index in [1.807, 2.05) is 13.8 Å². The van der Waals surface area contributed by atoms with Crippen molar-refractivity contribution in [2.75, 3.05) is 6.61 Å². The number of likely N-dealkylation sites (tertiary alicyclic amines) is 1. The van der Waals surface area contributed by atoms with Gasteiger partial charge in [-0.2, -0.15) is 0 Å². The van der Waals surface area contributed by atoms with Crippen molar-refractivity contribution in [2.24, 2.45) is 0 Å². The Morgan fingerprint density at radius 1 is 1.09 bits per heavy atom. The van der Waals surface area contributed by atoms with Gasteiger partial charge in [0.15, 0.2) is 0 Å². The smallest absolute Gasteiger partial charge is 0.296 e. The number of hydrogen-bond donors (Lipinski definition) is 1. The number of Topliss-reactive ketones (excluding diaryl/α,β-unsaturated/α-hetero) is 1. The predicted molar refractivity (Wildman–Crippen MR) is 125 cm³/mol. The second-order valence-electron chi connectivity index (χ2n) is 8.33. The summed E-state index contributed by atoms with van der Waals surface area (Å²) in [7, 11) is 0. The summed E-state index contributed by atoms with van der Waals surface area (Å²) in [6, 6.07) is 13.3. The molecule has 0 aliphatic carbocycles. The monoisotopic (exact) mass is 463 g/mol. The van der Waals surface area contributed by atoms with Gasteiger partial charge in [-0.3, -0.25) is 9.59 Å². The molecule has 1 saturated heterocycles. The van der Waals surface area contributed by atoms with E-state index >= 15 is 0 Å². The van der Waals surface area contributed by atoms with Gasteiger partial charge in [0, 0.05) is 12.1 Å². The number of carbonyl (C=O) groups is 2. The highest BCUT2D eigenvalue weighted by Crippen LogP contribution is 2.41. The third-order valence-electron chi connectivity index (χ3n) is 5.75. The minimum Gasteiger partial charge on any atom is -0.507 e. The van der Waals surface area contributed by atoms with Crippen molar-refractivity contribution < 1.29 is 28.2 Å². The van der Waals surface area contributed by atoms with E-state index < -0.39 is 23.5 Å². The highest BCUT2D eigenvalue weighted by Gasteiger charge is 2.47. The number of rotatable bonds is 7. The first-order valence-electron chi connectivity index (χ1n) is 11.1. The Bertz CT molecular complexity index is 1260. The van der Waals surface area contributed by atoms with Gasteiger partial charge in [-0.05, 0) is 73.9 Å². The summed E-state index contributed by atoms with van der Waals surface area (Å²) in [5.74, 6) is -0.592. The SMILES string of the molecule is CCCOc1ccc(/C(O)=C2/C(=O)C(=O)N(Cc3ccc(F)cc3)C2c2ccc(C)o2)cc1C. The molecule has 176 valence electrons. The Labute approximate surface area is 197 Å². The lowest BCUT2D eigenvalue weighted by atomic mass is 9.98. The second kappa shape index (κ2) is 9.55. The van der Waals surface area contributed by atoms with Crippen molar-refractivity contribution in [1.29, 1.82) is 0 Å². The lowest BCUT2D eigenvalue weighted by Gasteiger charge is -2.23. The number of carbonyl (C=O) groups excluding carboxylic acids is 2. The highest BCUT2D eigenvalue weighted by molar-refractivity contribution is 6.46. The molecule has 1 amide bonds. The lowest BCUT2D eigenvalue weighted by molar-refractivity contribution is -0.140. The van der Waals surface area contributed by atoms with E-state index in [-0.39, 0.29) is 17.9 Å². The summed E-state index contributed by atoms with van der Waals surface area (Å²) in [5.41, 5.74) is 1.78. The average Bonchev–Trinajstić information content (AvgIpc) is 3.35. The quantitative estimate of drug-likeness (QED) is 0.286. The Hall–Kier alpha value is -3.87. The van der Waals surface area contributed by atoms with Crippen LogP contribution in [0.5, 0.6) is 5.75 Å². The number of hydrogen-bond acceptors (Lipinski definition) is 5. The maximum absolute atomic E-state index is 13.4. The molecule has 0 bridgehead atoms. The maximum Gasteiger partial charge on any atom is 0.296 e. The molecule has 34 heavy (non-hydrogen) atoms. The molecule has 3 aromatic rings. The first kappa shape index (κ1) is 23.3. The zero-order chi connectivity index (χ0) is 24.4. The van der Waals surface area contributed by atoms with Crippen LogP contribution in [0.3, 0.4) is 0 Å². The number of amides is 1. The van der Waals surface area contributed by atoms with Gasteiger partial charge in [0.1, 0.15) is 34.9 Å². The second-order valence-corrected chi connectivity index (χ2v) is 8.33. The summed E-state index contributed by atoms with van der Waals surface area (Å²) in [6.07, 6.45) is 0.862. The Morgan fingerprint density at radius 2 is 1.82 bits per heavy atom. The van der Waals surface area contributed by atoms with Crippen LogP contribution >= 0.6 is 0 Å². The molecule has 2 aromatic carbocycles. The largest absolute Gasteiger partial charge is 0.507 e. The van der Waals surface area contributed by atoms with Gasteiger partial charge >= 0.3 is 0 Å². The molecular formula is C27H26FNO5. The standard InChI is InChI=1S/C27H26FNO5/c1-4-13-33-21-12-8-19(14-16(21)2)25(30)23-24(22-11-5-17(3)34-22)29(27(32)26(23)31)15-18-6-9-20(28)10-7-18/h5-12,14,24,30H,4,13,15H2,1-3H3/b25-23-. The molecule has 1 aliphatic heterocycles. The molecule has 1 aliphatic rings. The number of benzene rings is 2. The van der Waals surface area contributed by atoms with Gasteiger partial charge in [-0.25, -0.2) is 4.39 Å².